The fourth-order valence-electron chi connectivity index (χ4n) is 2.07. The predicted octanol–water partition coefficient (Wildman–Crippen LogP) is -0.346. The summed E-state index contributed by atoms with van der Waals surface area (Å²) in [5.41, 5.74) is 5.64. The van der Waals surface area contributed by atoms with Crippen LogP contribution in [0.25, 0.3) is 0 Å². The van der Waals surface area contributed by atoms with E-state index in [9.17, 15) is 13.2 Å². The van der Waals surface area contributed by atoms with Crippen molar-refractivity contribution in [1.82, 2.24) is 9.62 Å². The quantitative estimate of drug-likeness (QED) is 0.717. The van der Waals surface area contributed by atoms with Gasteiger partial charge in [-0.3, -0.25) is 14.4 Å². The molecule has 0 radical (unpaired) electrons. The molecule has 0 bridgehead atoms. The molecule has 0 saturated carbocycles. The first-order valence-corrected chi connectivity index (χ1v) is 8.02. The van der Waals surface area contributed by atoms with E-state index in [1.165, 1.54) is 0 Å². The molecule has 1 rings (SSSR count). The van der Waals surface area contributed by atoms with E-state index in [4.69, 9.17) is 5.73 Å². The molecule has 106 valence electrons. The summed E-state index contributed by atoms with van der Waals surface area (Å²) in [4.78, 5) is 13.8. The van der Waals surface area contributed by atoms with E-state index in [2.05, 4.69) is 0 Å². The summed E-state index contributed by atoms with van der Waals surface area (Å²) in [5, 5.41) is 0. The highest BCUT2D eigenvalue weighted by molar-refractivity contribution is 7.89. The predicted molar refractivity (Wildman–Crippen MR) is 70.5 cm³/mol. The summed E-state index contributed by atoms with van der Waals surface area (Å²) in [6.07, 6.45) is 3.38. The molecule has 0 aliphatic carbocycles. The molecular formula is C11H23N3O3S. The van der Waals surface area contributed by atoms with Gasteiger partial charge in [0.2, 0.25) is 10.0 Å². The first-order chi connectivity index (χ1) is 8.08. The lowest BCUT2D eigenvalue weighted by Gasteiger charge is -2.27. The average molecular weight is 277 g/mol. The van der Waals surface area contributed by atoms with Gasteiger partial charge in [-0.05, 0) is 39.7 Å². The molecule has 0 aromatic rings. The van der Waals surface area contributed by atoms with Crippen LogP contribution in [-0.2, 0) is 14.8 Å². The number of rotatable bonds is 5. The molecule has 1 heterocycles. The number of carbonyl (C=O) groups excluding carboxylic acids is 1. The highest BCUT2D eigenvalue weighted by Gasteiger charge is 2.32. The molecule has 0 spiro atoms. The second kappa shape index (κ2) is 5.54. The fourth-order valence-corrected chi connectivity index (χ4v) is 2.57. The van der Waals surface area contributed by atoms with Crippen LogP contribution in [0.1, 0.15) is 33.1 Å². The van der Waals surface area contributed by atoms with Gasteiger partial charge in [0.15, 0.2) is 0 Å². The van der Waals surface area contributed by atoms with Crippen LogP contribution in [0.5, 0.6) is 0 Å². The maximum atomic E-state index is 11.8. The number of carbonyl (C=O) groups is 1. The lowest BCUT2D eigenvalue weighted by Crippen LogP contribution is -2.47. The van der Waals surface area contributed by atoms with Crippen molar-refractivity contribution in [3.05, 3.63) is 0 Å². The average Bonchev–Trinajstić information content (AvgIpc) is 2.58. The largest absolute Gasteiger partial charge is 0.326 e. The number of likely N-dealkylation sites (tertiary alicyclic amines) is 1. The molecular weight excluding hydrogens is 254 g/mol. The summed E-state index contributed by atoms with van der Waals surface area (Å²) in [5.74, 6) is -0.426. The topological polar surface area (TPSA) is 92.5 Å². The van der Waals surface area contributed by atoms with Crippen molar-refractivity contribution in [1.29, 1.82) is 0 Å². The fraction of sp³-hybridized carbons (Fsp3) is 0.909. The van der Waals surface area contributed by atoms with Crippen LogP contribution in [0.3, 0.4) is 0 Å². The summed E-state index contributed by atoms with van der Waals surface area (Å²) < 4.78 is 24.2. The minimum atomic E-state index is -3.48. The van der Waals surface area contributed by atoms with Crippen LogP contribution in [0.15, 0.2) is 0 Å². The van der Waals surface area contributed by atoms with Gasteiger partial charge >= 0.3 is 0 Å². The van der Waals surface area contributed by atoms with E-state index < -0.39 is 15.9 Å². The van der Waals surface area contributed by atoms with Crippen molar-refractivity contribution in [2.45, 2.75) is 44.7 Å². The Labute approximate surface area is 109 Å². The maximum Gasteiger partial charge on any atom is 0.250 e. The van der Waals surface area contributed by atoms with Gasteiger partial charge in [-0.15, -0.1) is 0 Å². The number of hydrogen-bond acceptors (Lipinski definition) is 5. The SMILES string of the molecule is CC(C)(N)CCN1CCC[C@H]1C(=O)NS(C)(=O)=O. The van der Waals surface area contributed by atoms with E-state index in [0.29, 0.717) is 13.0 Å². The zero-order chi connectivity index (χ0) is 14.0. The van der Waals surface area contributed by atoms with Crippen LogP contribution in [0.4, 0.5) is 0 Å². The van der Waals surface area contributed by atoms with Gasteiger partial charge in [0.05, 0.1) is 12.3 Å². The van der Waals surface area contributed by atoms with Gasteiger partial charge in [-0.2, -0.15) is 0 Å². The van der Waals surface area contributed by atoms with Crippen molar-refractivity contribution in [2.24, 2.45) is 5.73 Å². The van der Waals surface area contributed by atoms with E-state index in [0.717, 1.165) is 25.6 Å². The molecule has 1 aliphatic rings. The van der Waals surface area contributed by atoms with Gasteiger partial charge in [0.25, 0.3) is 5.91 Å². The Bertz CT molecular complexity index is 400. The van der Waals surface area contributed by atoms with Gasteiger partial charge in [-0.1, -0.05) is 0 Å². The highest BCUT2D eigenvalue weighted by atomic mass is 32.2. The first kappa shape index (κ1) is 15.4. The Hall–Kier alpha value is -0.660. The van der Waals surface area contributed by atoms with E-state index in [1.807, 2.05) is 23.5 Å². The van der Waals surface area contributed by atoms with Gasteiger partial charge in [0.1, 0.15) is 0 Å². The Morgan fingerprint density at radius 3 is 2.61 bits per heavy atom. The zero-order valence-electron chi connectivity index (χ0n) is 11.3. The minimum absolute atomic E-state index is 0.277. The van der Waals surface area contributed by atoms with Crippen molar-refractivity contribution < 1.29 is 13.2 Å². The molecule has 1 amide bonds. The van der Waals surface area contributed by atoms with Gasteiger partial charge in [0, 0.05) is 12.1 Å². The summed E-state index contributed by atoms with van der Waals surface area (Å²) in [6, 6.07) is -0.345. The minimum Gasteiger partial charge on any atom is -0.326 e. The van der Waals surface area contributed by atoms with Crippen molar-refractivity contribution >= 4 is 15.9 Å². The van der Waals surface area contributed by atoms with Crippen molar-refractivity contribution in [3.8, 4) is 0 Å². The molecule has 6 nitrogen and oxygen atoms in total. The monoisotopic (exact) mass is 277 g/mol. The Kier molecular flexibility index (Phi) is 4.74. The second-order valence-electron chi connectivity index (χ2n) is 5.67. The lowest BCUT2D eigenvalue weighted by molar-refractivity contribution is -0.123. The van der Waals surface area contributed by atoms with Crippen LogP contribution in [0.2, 0.25) is 0 Å². The molecule has 0 aromatic carbocycles. The molecule has 7 heteroatoms. The van der Waals surface area contributed by atoms with Crippen LogP contribution in [0, 0.1) is 0 Å². The first-order valence-electron chi connectivity index (χ1n) is 6.13. The molecule has 1 fully saturated rings. The Morgan fingerprint density at radius 2 is 2.11 bits per heavy atom. The molecule has 1 saturated heterocycles. The number of amides is 1. The molecule has 3 N–H and O–H groups in total. The third-order valence-corrected chi connectivity index (χ3v) is 3.57. The third kappa shape index (κ3) is 5.32. The van der Waals surface area contributed by atoms with E-state index in [1.54, 1.807) is 0 Å². The smallest absolute Gasteiger partial charge is 0.250 e. The van der Waals surface area contributed by atoms with Gasteiger partial charge < -0.3 is 5.73 Å². The number of hydrogen-bond donors (Lipinski definition) is 2. The zero-order valence-corrected chi connectivity index (χ0v) is 12.1. The number of nitrogens with one attached hydrogen (secondary N) is 1. The van der Waals surface area contributed by atoms with Crippen LogP contribution >= 0.6 is 0 Å². The number of nitrogens with two attached hydrogens (primary N) is 1. The maximum absolute atomic E-state index is 11.8. The summed E-state index contributed by atoms with van der Waals surface area (Å²) >= 11 is 0. The van der Waals surface area contributed by atoms with E-state index in [-0.39, 0.29) is 11.6 Å². The highest BCUT2D eigenvalue weighted by Crippen LogP contribution is 2.19. The summed E-state index contributed by atoms with van der Waals surface area (Å²) in [6.45, 7) is 5.41. The molecule has 1 atom stereocenters. The Balaban J connectivity index is 2.57. The van der Waals surface area contributed by atoms with Crippen molar-refractivity contribution in [3.63, 3.8) is 0 Å². The molecule has 1 aliphatic heterocycles. The second-order valence-corrected chi connectivity index (χ2v) is 7.42. The molecule has 0 aromatic heterocycles. The standard InChI is InChI=1S/C11H23N3O3S/c1-11(2,12)6-8-14-7-4-5-9(14)10(15)13-18(3,16)17/h9H,4-8,12H2,1-3H3,(H,13,15)/t9-/m0/s1. The van der Waals surface area contributed by atoms with Gasteiger partial charge in [-0.25, -0.2) is 8.42 Å². The van der Waals surface area contributed by atoms with Crippen LogP contribution < -0.4 is 10.5 Å². The number of sulfonamides is 1. The number of nitrogens with zero attached hydrogens (tertiary/aromatic N) is 1. The van der Waals surface area contributed by atoms with Crippen LogP contribution in [-0.4, -0.2) is 50.2 Å². The lowest BCUT2D eigenvalue weighted by atomic mass is 10.0. The van der Waals surface area contributed by atoms with E-state index >= 15 is 0 Å². The summed E-state index contributed by atoms with van der Waals surface area (Å²) in [7, 11) is -3.48. The Morgan fingerprint density at radius 1 is 1.50 bits per heavy atom. The molecule has 0 unspecified atom stereocenters. The van der Waals surface area contributed by atoms with Crippen molar-refractivity contribution in [2.75, 3.05) is 19.3 Å². The molecule has 18 heavy (non-hydrogen) atoms. The third-order valence-electron chi connectivity index (χ3n) is 3.00. The normalized spacial score (nSPS) is 22.1.